The maximum atomic E-state index is 16.5. The van der Waals surface area contributed by atoms with E-state index in [9.17, 15) is 14.4 Å². The molecule has 3 saturated heterocycles. The number of carbonyl (C=O) groups is 2. The maximum absolute atomic E-state index is 16.5. The van der Waals surface area contributed by atoms with E-state index in [4.69, 9.17) is 13.9 Å². The van der Waals surface area contributed by atoms with Gasteiger partial charge in [0.15, 0.2) is 17.3 Å². The van der Waals surface area contributed by atoms with Gasteiger partial charge in [-0.3, -0.25) is 19.3 Å². The van der Waals surface area contributed by atoms with E-state index in [-0.39, 0.29) is 34.3 Å². The van der Waals surface area contributed by atoms with Crippen molar-refractivity contribution in [3.63, 3.8) is 0 Å². The predicted molar refractivity (Wildman–Crippen MR) is 208 cm³/mol. The van der Waals surface area contributed by atoms with Gasteiger partial charge in [0, 0.05) is 94.4 Å². The molecule has 3 aromatic carbocycles. The zero-order valence-electron chi connectivity index (χ0n) is 30.8. The fourth-order valence-corrected chi connectivity index (χ4v) is 8.48. The van der Waals surface area contributed by atoms with Crippen LogP contribution < -0.4 is 31.0 Å². The molecule has 6 heterocycles. The van der Waals surface area contributed by atoms with E-state index in [2.05, 4.69) is 25.8 Å². The highest BCUT2D eigenvalue weighted by molar-refractivity contribution is 6.07. The van der Waals surface area contributed by atoms with Gasteiger partial charge < -0.3 is 44.2 Å². The minimum Gasteiger partial charge on any atom is -0.456 e. The van der Waals surface area contributed by atoms with E-state index >= 15 is 4.39 Å². The van der Waals surface area contributed by atoms with E-state index in [0.29, 0.717) is 73.7 Å². The summed E-state index contributed by atoms with van der Waals surface area (Å²) in [6.45, 7) is 9.58. The van der Waals surface area contributed by atoms with Gasteiger partial charge in [0.25, 0.3) is 5.91 Å². The largest absolute Gasteiger partial charge is 0.456 e. The van der Waals surface area contributed by atoms with Gasteiger partial charge in [-0.1, -0.05) is 18.2 Å². The van der Waals surface area contributed by atoms with Crippen molar-refractivity contribution < 1.29 is 27.9 Å². The fourth-order valence-electron chi connectivity index (χ4n) is 8.48. The molecule has 0 saturated carbocycles. The Kier molecular flexibility index (Phi) is 9.89. The van der Waals surface area contributed by atoms with Crippen molar-refractivity contribution in [1.82, 2.24) is 30.3 Å². The molecule has 4 aliphatic rings. The minimum absolute atomic E-state index is 0.0453. The van der Waals surface area contributed by atoms with Crippen LogP contribution in [0.5, 0.6) is 11.5 Å². The molecule has 1 atom stereocenters. The molecule has 2 amide bonds. The van der Waals surface area contributed by atoms with Gasteiger partial charge in [-0.05, 0) is 50.6 Å². The molecule has 3 N–H and O–H groups in total. The Morgan fingerprint density at radius 3 is 2.53 bits per heavy atom. The van der Waals surface area contributed by atoms with Crippen LogP contribution >= 0.6 is 0 Å². The number of carbonyl (C=O) groups excluding carboxylic acids is 2. The minimum atomic E-state index is -0.632. The number of nitrogens with zero attached hydrogens (tertiary/aromatic N) is 4. The monoisotopic (exact) mass is 751 g/mol. The number of benzene rings is 3. The number of rotatable bonds is 12. The van der Waals surface area contributed by atoms with E-state index in [0.717, 1.165) is 76.1 Å². The predicted octanol–water partition coefficient (Wildman–Crippen LogP) is 3.97. The van der Waals surface area contributed by atoms with Crippen LogP contribution in [0.25, 0.3) is 38.5 Å². The SMILES string of the molecule is O=C(CCNCCN1CCOCC1)NC1CCN(c2c(F)cc3c(=O)c(C(=O)NCCN4CCCC4)cn4c3c2Oc2cc3c(cc2-4)oc2ccccc23)C1. The normalized spacial score (nSPS) is 18.6. The average Bonchev–Trinajstić information content (AvgIpc) is 3.96. The number of aromatic nitrogens is 1. The van der Waals surface area contributed by atoms with Crippen molar-refractivity contribution in [2.75, 3.05) is 90.1 Å². The summed E-state index contributed by atoms with van der Waals surface area (Å²) in [6.07, 6.45) is 4.78. The first-order valence-electron chi connectivity index (χ1n) is 19.5. The number of pyridine rings is 1. The van der Waals surface area contributed by atoms with Crippen LogP contribution in [0.4, 0.5) is 10.1 Å². The van der Waals surface area contributed by atoms with Crippen LogP contribution in [0.1, 0.15) is 36.0 Å². The summed E-state index contributed by atoms with van der Waals surface area (Å²) in [4.78, 5) is 47.1. The number of hydrogen-bond donors (Lipinski definition) is 3. The molecule has 288 valence electrons. The van der Waals surface area contributed by atoms with E-state index < -0.39 is 17.2 Å². The highest BCUT2D eigenvalue weighted by Crippen LogP contribution is 2.49. The van der Waals surface area contributed by atoms with E-state index in [1.807, 2.05) is 41.3 Å². The molecule has 4 aliphatic heterocycles. The number of morpholine rings is 1. The van der Waals surface area contributed by atoms with Gasteiger partial charge in [-0.2, -0.15) is 0 Å². The number of furan rings is 1. The first kappa shape index (κ1) is 35.7. The highest BCUT2D eigenvalue weighted by Gasteiger charge is 2.34. The van der Waals surface area contributed by atoms with Crippen molar-refractivity contribution in [3.05, 3.63) is 70.3 Å². The molecular weight excluding hydrogens is 705 g/mol. The van der Waals surface area contributed by atoms with Crippen molar-refractivity contribution >= 4 is 50.3 Å². The smallest absolute Gasteiger partial charge is 0.256 e. The number of fused-ring (bicyclic) bond motifs is 5. The van der Waals surface area contributed by atoms with Crippen molar-refractivity contribution in [3.8, 4) is 17.2 Å². The van der Waals surface area contributed by atoms with Crippen molar-refractivity contribution in [2.45, 2.75) is 31.7 Å². The second kappa shape index (κ2) is 15.3. The number of halogens is 1. The number of amides is 2. The third-order valence-electron chi connectivity index (χ3n) is 11.4. The molecule has 55 heavy (non-hydrogen) atoms. The molecular formula is C41H46FN7O6. The van der Waals surface area contributed by atoms with Crippen LogP contribution in [0.15, 0.2) is 57.9 Å². The third kappa shape index (κ3) is 7.03. The van der Waals surface area contributed by atoms with E-state index in [1.165, 1.54) is 6.07 Å². The Morgan fingerprint density at radius 1 is 0.873 bits per heavy atom. The van der Waals surface area contributed by atoms with Crippen LogP contribution in [-0.2, 0) is 9.53 Å². The molecule has 9 rings (SSSR count). The van der Waals surface area contributed by atoms with Gasteiger partial charge in [-0.15, -0.1) is 0 Å². The Morgan fingerprint density at radius 2 is 1.67 bits per heavy atom. The second-order valence-corrected chi connectivity index (χ2v) is 14.9. The lowest BCUT2D eigenvalue weighted by Gasteiger charge is -2.29. The summed E-state index contributed by atoms with van der Waals surface area (Å²) < 4.78 is 36.5. The highest BCUT2D eigenvalue weighted by atomic mass is 19.1. The molecule has 0 radical (unpaired) electrons. The summed E-state index contributed by atoms with van der Waals surface area (Å²) in [5.41, 5.74) is 1.83. The molecule has 0 spiro atoms. The molecule has 0 bridgehead atoms. The molecule has 3 fully saturated rings. The summed E-state index contributed by atoms with van der Waals surface area (Å²) in [6, 6.07) is 12.4. The number of nitrogens with one attached hydrogen (secondary N) is 3. The number of ether oxygens (including phenoxy) is 2. The lowest BCUT2D eigenvalue weighted by atomic mass is 10.0. The van der Waals surface area contributed by atoms with Gasteiger partial charge in [0.1, 0.15) is 27.9 Å². The molecule has 1 unspecified atom stereocenters. The lowest BCUT2D eigenvalue weighted by molar-refractivity contribution is -0.121. The zero-order chi connectivity index (χ0) is 37.5. The molecule has 5 aromatic rings. The summed E-state index contributed by atoms with van der Waals surface area (Å²) in [7, 11) is 0. The molecule has 2 aromatic heterocycles. The number of hydrogen-bond acceptors (Lipinski definition) is 10. The lowest BCUT2D eigenvalue weighted by Crippen LogP contribution is -2.41. The summed E-state index contributed by atoms with van der Waals surface area (Å²) >= 11 is 0. The van der Waals surface area contributed by atoms with Gasteiger partial charge in [-0.25, -0.2) is 4.39 Å². The van der Waals surface area contributed by atoms with Gasteiger partial charge in [0.05, 0.1) is 24.3 Å². The fraction of sp³-hybridized carbons (Fsp3) is 0.439. The Bertz CT molecular complexity index is 2330. The van der Waals surface area contributed by atoms with Crippen LogP contribution in [0.2, 0.25) is 0 Å². The number of likely N-dealkylation sites (tertiary alicyclic amines) is 1. The van der Waals surface area contributed by atoms with Crippen molar-refractivity contribution in [1.29, 1.82) is 0 Å². The zero-order valence-corrected chi connectivity index (χ0v) is 30.8. The van der Waals surface area contributed by atoms with Crippen molar-refractivity contribution in [2.24, 2.45) is 0 Å². The topological polar surface area (TPSA) is 134 Å². The summed E-state index contributed by atoms with van der Waals surface area (Å²) in [5, 5.41) is 11.2. The van der Waals surface area contributed by atoms with Crippen LogP contribution in [0, 0.1) is 5.82 Å². The number of anilines is 1. The maximum Gasteiger partial charge on any atom is 0.256 e. The van der Waals surface area contributed by atoms with Gasteiger partial charge >= 0.3 is 0 Å². The summed E-state index contributed by atoms with van der Waals surface area (Å²) in [5.74, 6) is -0.567. The quantitative estimate of drug-likeness (QED) is 0.158. The Labute approximate surface area is 317 Å². The van der Waals surface area contributed by atoms with Crippen LogP contribution in [-0.4, -0.2) is 117 Å². The second-order valence-electron chi connectivity index (χ2n) is 14.9. The van der Waals surface area contributed by atoms with Gasteiger partial charge in [0.2, 0.25) is 11.3 Å². The van der Waals surface area contributed by atoms with E-state index in [1.54, 1.807) is 10.8 Å². The van der Waals surface area contributed by atoms with Crippen LogP contribution in [0.3, 0.4) is 0 Å². The standard InChI is InChI=1S/C41H46FN7O6/c42-31-21-29-37-40(38(31)48-14-8-26(24-48)45-36(50)7-9-43-10-15-47-17-19-53-20-18-47)55-35-22-28-27-5-1-2-6-33(27)54-34(28)23-32(35)49(37)25-30(39(29)51)41(52)44-11-16-46-12-3-4-13-46/h1-2,5-6,21-23,25-26,43H,3-4,7-20,24H2,(H,44,52)(H,45,50). The molecule has 0 aliphatic carbocycles. The average molecular weight is 752 g/mol. The third-order valence-corrected chi connectivity index (χ3v) is 11.4. The first-order valence-corrected chi connectivity index (χ1v) is 19.5. The molecule has 13 nitrogen and oxygen atoms in total. The Balaban J connectivity index is 0.993. The molecule has 14 heteroatoms. The Hall–Kier alpha value is -5.02. The first-order chi connectivity index (χ1) is 26.9. The number of para-hydroxylation sites is 1.